The average Bonchev–Trinajstić information content (AvgIpc) is 3.04. The van der Waals surface area contributed by atoms with Gasteiger partial charge in [0.15, 0.2) is 0 Å². The third-order valence-corrected chi connectivity index (χ3v) is 4.59. The summed E-state index contributed by atoms with van der Waals surface area (Å²) in [5.41, 5.74) is -1.38. The van der Waals surface area contributed by atoms with Crippen molar-refractivity contribution in [2.24, 2.45) is 11.8 Å². The maximum atomic E-state index is 13.0. The van der Waals surface area contributed by atoms with Crippen molar-refractivity contribution >= 4 is 22.8 Å². The fraction of sp³-hybridized carbons (Fsp3) is 0.375. The summed E-state index contributed by atoms with van der Waals surface area (Å²) in [6, 6.07) is 6.08. The number of hydrogen-bond donors (Lipinski definition) is 2. The van der Waals surface area contributed by atoms with Crippen LogP contribution in [0.1, 0.15) is 0 Å². The molecule has 8 nitrogen and oxygen atoms in total. The van der Waals surface area contributed by atoms with Gasteiger partial charge < -0.3 is 15.0 Å². The molecule has 1 fully saturated rings. The smallest absolute Gasteiger partial charge is 0.394 e. The van der Waals surface area contributed by atoms with Crippen molar-refractivity contribution in [2.45, 2.75) is 12.7 Å². The molecule has 144 valence electrons. The van der Waals surface area contributed by atoms with Crippen molar-refractivity contribution in [3.8, 4) is 0 Å². The number of carbonyl (C=O) groups excluding carboxylic acids is 1. The molecule has 1 aliphatic rings. The van der Waals surface area contributed by atoms with E-state index in [0.717, 1.165) is 4.90 Å². The largest absolute Gasteiger partial charge is 0.481 e. The van der Waals surface area contributed by atoms with Crippen LogP contribution in [0.15, 0.2) is 33.9 Å². The molecule has 3 rings (SSSR count). The van der Waals surface area contributed by atoms with Gasteiger partial charge in [-0.1, -0.05) is 12.1 Å². The number of fused-ring (bicyclic) bond motifs is 1. The molecule has 0 bridgehead atoms. The van der Waals surface area contributed by atoms with Crippen molar-refractivity contribution in [3.63, 3.8) is 0 Å². The molecule has 0 unspecified atom stereocenters. The lowest BCUT2D eigenvalue weighted by atomic mass is 9.96. The van der Waals surface area contributed by atoms with E-state index < -0.39 is 60.8 Å². The number of carboxylic acids is 1. The topological polar surface area (TPSA) is 112 Å². The molecule has 0 saturated carbocycles. The van der Waals surface area contributed by atoms with Gasteiger partial charge in [0.2, 0.25) is 5.91 Å². The first-order valence-electron chi connectivity index (χ1n) is 7.88. The molecule has 2 heterocycles. The van der Waals surface area contributed by atoms with Gasteiger partial charge in [0.1, 0.15) is 6.54 Å². The van der Waals surface area contributed by atoms with Crippen molar-refractivity contribution in [3.05, 3.63) is 45.1 Å². The second kappa shape index (κ2) is 6.56. The number of halogens is 3. The Kier molecular flexibility index (Phi) is 4.54. The molecule has 2 atom stereocenters. The number of carboxylic acid groups (broad SMARTS) is 1. The van der Waals surface area contributed by atoms with Crippen LogP contribution in [-0.2, 0) is 16.1 Å². The zero-order valence-corrected chi connectivity index (χ0v) is 13.7. The highest BCUT2D eigenvalue weighted by Gasteiger charge is 2.53. The number of H-pyrrole nitrogens is 1. The Morgan fingerprint density at radius 2 is 1.85 bits per heavy atom. The van der Waals surface area contributed by atoms with E-state index in [0.29, 0.717) is 4.57 Å². The number of nitrogens with zero attached hydrogens (tertiary/aromatic N) is 2. The summed E-state index contributed by atoms with van der Waals surface area (Å²) in [6.45, 7) is -2.26. The lowest BCUT2D eigenvalue weighted by molar-refractivity contribution is -0.188. The normalized spacial score (nSPS) is 20.2. The van der Waals surface area contributed by atoms with Crippen LogP contribution in [0.5, 0.6) is 0 Å². The molecule has 1 amide bonds. The van der Waals surface area contributed by atoms with Crippen LogP contribution >= 0.6 is 0 Å². The number of benzene rings is 1. The number of likely N-dealkylation sites (tertiary alicyclic amines) is 1. The van der Waals surface area contributed by atoms with E-state index in [1.165, 1.54) is 12.1 Å². The molecule has 1 aliphatic heterocycles. The van der Waals surface area contributed by atoms with Crippen molar-refractivity contribution in [1.29, 1.82) is 0 Å². The minimum atomic E-state index is -4.78. The molecule has 27 heavy (non-hydrogen) atoms. The molecular weight excluding hydrogens is 371 g/mol. The first-order valence-corrected chi connectivity index (χ1v) is 7.88. The fourth-order valence-electron chi connectivity index (χ4n) is 3.17. The summed E-state index contributed by atoms with van der Waals surface area (Å²) in [7, 11) is 0. The zero-order valence-electron chi connectivity index (χ0n) is 13.7. The number of hydrogen-bond acceptors (Lipinski definition) is 4. The molecule has 2 N–H and O–H groups in total. The average molecular weight is 385 g/mol. The van der Waals surface area contributed by atoms with Crippen LogP contribution < -0.4 is 11.2 Å². The number of nitrogens with one attached hydrogen (secondary N) is 1. The predicted octanol–water partition coefficient (Wildman–Crippen LogP) is 0.411. The van der Waals surface area contributed by atoms with Gasteiger partial charge in [0.05, 0.1) is 22.7 Å². The summed E-state index contributed by atoms with van der Waals surface area (Å²) in [5.74, 6) is -6.59. The molecule has 1 aromatic heterocycles. The molecule has 11 heteroatoms. The molecule has 2 aromatic rings. The Balaban J connectivity index is 1.88. The summed E-state index contributed by atoms with van der Waals surface area (Å²) >= 11 is 0. The van der Waals surface area contributed by atoms with Gasteiger partial charge in [0, 0.05) is 13.1 Å². The van der Waals surface area contributed by atoms with Crippen LogP contribution in [0.25, 0.3) is 10.9 Å². The van der Waals surface area contributed by atoms with Crippen LogP contribution in [0.2, 0.25) is 0 Å². The van der Waals surface area contributed by atoms with E-state index in [-0.39, 0.29) is 10.9 Å². The van der Waals surface area contributed by atoms with Gasteiger partial charge in [-0.15, -0.1) is 0 Å². The molecule has 1 aromatic carbocycles. The Morgan fingerprint density at radius 3 is 2.44 bits per heavy atom. The van der Waals surface area contributed by atoms with Gasteiger partial charge in [-0.3, -0.25) is 19.0 Å². The quantitative estimate of drug-likeness (QED) is 0.795. The fourth-order valence-corrected chi connectivity index (χ4v) is 3.17. The first-order chi connectivity index (χ1) is 12.6. The molecular formula is C16H14F3N3O5. The monoisotopic (exact) mass is 385 g/mol. The van der Waals surface area contributed by atoms with Crippen molar-refractivity contribution < 1.29 is 27.9 Å². The molecule has 0 aliphatic carbocycles. The standard InChI is InChI=1S/C16H14F3N3O5/c17-16(18,19)10-6-21(5-9(10)14(25)26)12(23)7-22-13(24)8-3-1-2-4-11(8)20-15(22)27/h1-4,9-10H,5-7H2,(H,20,27)(H,25,26)/t9-,10-/m1/s1. The highest BCUT2D eigenvalue weighted by atomic mass is 19.4. The lowest BCUT2D eigenvalue weighted by Gasteiger charge is -2.18. The number of alkyl halides is 3. The van der Waals surface area contributed by atoms with E-state index in [9.17, 15) is 32.3 Å². The third-order valence-electron chi connectivity index (χ3n) is 4.59. The maximum Gasteiger partial charge on any atom is 0.394 e. The number of aromatic amines is 1. The number of aliphatic carboxylic acids is 1. The molecule has 0 spiro atoms. The highest BCUT2D eigenvalue weighted by molar-refractivity contribution is 5.80. The summed E-state index contributed by atoms with van der Waals surface area (Å²) < 4.78 is 39.7. The van der Waals surface area contributed by atoms with Gasteiger partial charge in [-0.25, -0.2) is 4.79 Å². The van der Waals surface area contributed by atoms with Gasteiger partial charge in [0.25, 0.3) is 5.56 Å². The van der Waals surface area contributed by atoms with Crippen molar-refractivity contribution in [1.82, 2.24) is 14.5 Å². The number of aromatic nitrogens is 2. The third kappa shape index (κ3) is 3.44. The Bertz CT molecular complexity index is 1030. The van der Waals surface area contributed by atoms with Crippen LogP contribution in [0, 0.1) is 11.8 Å². The second-order valence-corrected chi connectivity index (χ2v) is 6.26. The van der Waals surface area contributed by atoms with E-state index in [1.54, 1.807) is 12.1 Å². The van der Waals surface area contributed by atoms with E-state index >= 15 is 0 Å². The highest BCUT2D eigenvalue weighted by Crippen LogP contribution is 2.37. The van der Waals surface area contributed by atoms with Gasteiger partial charge >= 0.3 is 17.8 Å². The number of para-hydroxylation sites is 1. The molecule has 1 saturated heterocycles. The lowest BCUT2D eigenvalue weighted by Crippen LogP contribution is -2.42. The SMILES string of the molecule is O=C(O)[C@@H]1CN(C(=O)Cn2c(=O)[nH]c3ccccc3c2=O)C[C@H]1C(F)(F)F. The Morgan fingerprint density at radius 1 is 1.19 bits per heavy atom. The van der Waals surface area contributed by atoms with E-state index in [1.807, 2.05) is 0 Å². The summed E-state index contributed by atoms with van der Waals surface area (Å²) in [6.07, 6.45) is -4.78. The van der Waals surface area contributed by atoms with Crippen LogP contribution in [-0.4, -0.2) is 50.7 Å². The zero-order chi connectivity index (χ0) is 19.9. The minimum absolute atomic E-state index is 0.142. The van der Waals surface area contributed by atoms with E-state index in [4.69, 9.17) is 5.11 Å². The number of amides is 1. The number of carbonyl (C=O) groups is 2. The van der Waals surface area contributed by atoms with Crippen molar-refractivity contribution in [2.75, 3.05) is 13.1 Å². The minimum Gasteiger partial charge on any atom is -0.481 e. The van der Waals surface area contributed by atoms with E-state index in [2.05, 4.69) is 4.98 Å². The predicted molar refractivity (Wildman–Crippen MR) is 86.1 cm³/mol. The second-order valence-electron chi connectivity index (χ2n) is 6.26. The van der Waals surface area contributed by atoms with Gasteiger partial charge in [-0.2, -0.15) is 13.2 Å². The van der Waals surface area contributed by atoms with Gasteiger partial charge in [-0.05, 0) is 12.1 Å². The first kappa shape index (κ1) is 18.7. The summed E-state index contributed by atoms with van der Waals surface area (Å²) in [5, 5.41) is 9.14. The number of rotatable bonds is 3. The van der Waals surface area contributed by atoms with Crippen LogP contribution in [0.3, 0.4) is 0 Å². The maximum absolute atomic E-state index is 13.0. The van der Waals surface area contributed by atoms with Crippen LogP contribution in [0.4, 0.5) is 13.2 Å². The Hall–Kier alpha value is -3.11. The summed E-state index contributed by atoms with van der Waals surface area (Å²) in [4.78, 5) is 51.0. The Labute approximate surface area is 148 Å². The molecule has 0 radical (unpaired) electrons.